The third-order valence-corrected chi connectivity index (χ3v) is 7.05. The molecule has 1 aliphatic carbocycles. The zero-order valence-electron chi connectivity index (χ0n) is 16.1. The van der Waals surface area contributed by atoms with Crippen LogP contribution in [0.25, 0.3) is 0 Å². The van der Waals surface area contributed by atoms with Gasteiger partial charge in [-0.1, -0.05) is 45.4 Å². The molecule has 0 aromatic carbocycles. The Morgan fingerprint density at radius 2 is 1.96 bits per heavy atom. The van der Waals surface area contributed by atoms with E-state index >= 15 is 0 Å². The summed E-state index contributed by atoms with van der Waals surface area (Å²) < 4.78 is 0.660. The number of pyridine rings is 1. The van der Waals surface area contributed by atoms with Crippen molar-refractivity contribution < 1.29 is 4.79 Å². The molecule has 26 heavy (non-hydrogen) atoms. The highest BCUT2D eigenvalue weighted by molar-refractivity contribution is 9.10. The second-order valence-electron chi connectivity index (χ2n) is 8.35. The van der Waals surface area contributed by atoms with Gasteiger partial charge in [-0.3, -0.25) is 4.79 Å². The number of carbonyl (C=O) groups excluding carboxylic acids is 1. The highest BCUT2D eigenvalue weighted by atomic mass is 79.9. The molecule has 3 nitrogen and oxygen atoms in total. The van der Waals surface area contributed by atoms with E-state index in [1.54, 1.807) is 6.20 Å². The molecule has 0 N–H and O–H groups in total. The number of nitrogens with zero attached hydrogens (tertiary/aromatic N) is 2. The molecule has 1 aliphatic heterocycles. The molecule has 2 heterocycles. The highest BCUT2D eigenvalue weighted by Crippen LogP contribution is 2.37. The number of hydrogen-bond acceptors (Lipinski definition) is 2. The fourth-order valence-corrected chi connectivity index (χ4v) is 5.35. The minimum atomic E-state index is 0.126. The number of amides is 1. The minimum Gasteiger partial charge on any atom is -0.339 e. The van der Waals surface area contributed by atoms with Gasteiger partial charge in [0.2, 0.25) is 0 Å². The van der Waals surface area contributed by atoms with Gasteiger partial charge in [-0.05, 0) is 71.5 Å². The van der Waals surface area contributed by atoms with Crippen LogP contribution >= 0.6 is 15.9 Å². The van der Waals surface area contributed by atoms with Crippen LogP contribution in [0.3, 0.4) is 0 Å². The summed E-state index contributed by atoms with van der Waals surface area (Å²) >= 11 is 3.41. The molecule has 0 spiro atoms. The van der Waals surface area contributed by atoms with E-state index in [-0.39, 0.29) is 5.91 Å². The van der Waals surface area contributed by atoms with Crippen molar-refractivity contribution in [3.05, 3.63) is 28.5 Å². The average Bonchev–Trinajstić information content (AvgIpc) is 2.67. The first-order chi connectivity index (χ1) is 12.7. The Hall–Kier alpha value is -0.900. The molecule has 1 amide bonds. The standard InChI is InChI=1S/C22H33BrN2O/c1-2-3-6-17-7-4-8-19(15-17)16-18-10-13-25(14-11-18)22(26)20-9-5-12-24-21(20)23/h5,9,12,17-19H,2-4,6-8,10-11,13-16H2,1H3. The summed E-state index contributed by atoms with van der Waals surface area (Å²) in [7, 11) is 0. The van der Waals surface area contributed by atoms with Crippen molar-refractivity contribution in [3.8, 4) is 0 Å². The van der Waals surface area contributed by atoms with Gasteiger partial charge in [0.15, 0.2) is 0 Å². The van der Waals surface area contributed by atoms with Crippen molar-refractivity contribution in [2.45, 2.75) is 71.1 Å². The maximum Gasteiger partial charge on any atom is 0.256 e. The first-order valence-electron chi connectivity index (χ1n) is 10.6. The first-order valence-corrected chi connectivity index (χ1v) is 11.4. The van der Waals surface area contributed by atoms with Crippen molar-refractivity contribution in [1.82, 2.24) is 9.88 Å². The number of aromatic nitrogens is 1. The lowest BCUT2D eigenvalue weighted by atomic mass is 9.74. The Bertz CT molecular complexity index is 583. The zero-order chi connectivity index (χ0) is 18.4. The van der Waals surface area contributed by atoms with Crippen LogP contribution in [0, 0.1) is 17.8 Å². The third kappa shape index (κ3) is 5.31. The number of halogens is 1. The molecular weight excluding hydrogens is 388 g/mol. The quantitative estimate of drug-likeness (QED) is 0.522. The first kappa shape index (κ1) is 19.9. The number of piperidine rings is 1. The molecule has 1 aromatic rings. The van der Waals surface area contributed by atoms with Crippen molar-refractivity contribution >= 4 is 21.8 Å². The SMILES string of the molecule is CCCCC1CCCC(CC2CCN(C(=O)c3cccnc3Br)CC2)C1. The normalized spacial score (nSPS) is 24.6. The van der Waals surface area contributed by atoms with Gasteiger partial charge in [0.05, 0.1) is 5.56 Å². The lowest BCUT2D eigenvalue weighted by molar-refractivity contribution is 0.0669. The predicted molar refractivity (Wildman–Crippen MR) is 110 cm³/mol. The van der Waals surface area contributed by atoms with Crippen LogP contribution in [-0.2, 0) is 0 Å². The number of hydrogen-bond donors (Lipinski definition) is 0. The van der Waals surface area contributed by atoms with Crippen LogP contribution in [0.2, 0.25) is 0 Å². The van der Waals surface area contributed by atoms with Crippen LogP contribution in [0.5, 0.6) is 0 Å². The summed E-state index contributed by atoms with van der Waals surface area (Å²) in [6, 6.07) is 3.70. The maximum atomic E-state index is 12.7. The largest absolute Gasteiger partial charge is 0.339 e. The van der Waals surface area contributed by atoms with Gasteiger partial charge >= 0.3 is 0 Å². The number of carbonyl (C=O) groups is 1. The van der Waals surface area contributed by atoms with Crippen molar-refractivity contribution in [1.29, 1.82) is 0 Å². The van der Waals surface area contributed by atoms with Gasteiger partial charge in [0.1, 0.15) is 4.60 Å². The highest BCUT2D eigenvalue weighted by Gasteiger charge is 2.28. The summed E-state index contributed by atoms with van der Waals surface area (Å²) in [5.41, 5.74) is 0.692. The molecule has 1 saturated carbocycles. The van der Waals surface area contributed by atoms with E-state index in [9.17, 15) is 4.79 Å². The molecule has 4 heteroatoms. The van der Waals surface area contributed by atoms with Gasteiger partial charge in [-0.15, -0.1) is 0 Å². The molecule has 2 unspecified atom stereocenters. The predicted octanol–water partition coefficient (Wildman–Crippen LogP) is 6.08. The number of rotatable bonds is 6. The third-order valence-electron chi connectivity index (χ3n) is 6.42. The Morgan fingerprint density at radius 1 is 1.19 bits per heavy atom. The van der Waals surface area contributed by atoms with Gasteiger partial charge in [-0.2, -0.15) is 0 Å². The molecular formula is C22H33BrN2O. The summed E-state index contributed by atoms with van der Waals surface area (Å²) in [6.07, 6.45) is 15.4. The summed E-state index contributed by atoms with van der Waals surface area (Å²) in [4.78, 5) is 18.9. The van der Waals surface area contributed by atoms with Crippen LogP contribution in [-0.4, -0.2) is 28.9 Å². The molecule has 2 atom stereocenters. The Morgan fingerprint density at radius 3 is 2.69 bits per heavy atom. The monoisotopic (exact) mass is 420 g/mol. The Kier molecular flexibility index (Phi) is 7.53. The van der Waals surface area contributed by atoms with Crippen LogP contribution in [0.15, 0.2) is 22.9 Å². The number of unbranched alkanes of at least 4 members (excludes halogenated alkanes) is 1. The van der Waals surface area contributed by atoms with Crippen molar-refractivity contribution in [3.63, 3.8) is 0 Å². The average molecular weight is 421 g/mol. The molecule has 1 saturated heterocycles. The van der Waals surface area contributed by atoms with E-state index in [1.165, 1.54) is 64.2 Å². The minimum absolute atomic E-state index is 0.126. The smallest absolute Gasteiger partial charge is 0.256 e. The summed E-state index contributed by atoms with van der Waals surface area (Å²) in [5, 5.41) is 0. The van der Waals surface area contributed by atoms with Gasteiger partial charge in [-0.25, -0.2) is 4.98 Å². The van der Waals surface area contributed by atoms with E-state index in [1.807, 2.05) is 17.0 Å². The molecule has 3 rings (SSSR count). The van der Waals surface area contributed by atoms with E-state index in [0.717, 1.165) is 30.8 Å². The fraction of sp³-hybridized carbons (Fsp3) is 0.727. The lowest BCUT2D eigenvalue weighted by Crippen LogP contribution is -2.39. The van der Waals surface area contributed by atoms with Crippen LogP contribution in [0.1, 0.15) is 81.5 Å². The molecule has 0 bridgehead atoms. The summed E-state index contributed by atoms with van der Waals surface area (Å²) in [6.45, 7) is 4.10. The van der Waals surface area contributed by atoms with E-state index < -0.39 is 0 Å². The Balaban J connectivity index is 1.45. The zero-order valence-corrected chi connectivity index (χ0v) is 17.7. The van der Waals surface area contributed by atoms with Gasteiger partial charge in [0.25, 0.3) is 5.91 Å². The van der Waals surface area contributed by atoms with E-state index in [4.69, 9.17) is 0 Å². The molecule has 0 radical (unpaired) electrons. The van der Waals surface area contributed by atoms with Crippen LogP contribution < -0.4 is 0 Å². The number of likely N-dealkylation sites (tertiary alicyclic amines) is 1. The molecule has 144 valence electrons. The van der Waals surface area contributed by atoms with Crippen molar-refractivity contribution in [2.75, 3.05) is 13.1 Å². The maximum absolute atomic E-state index is 12.7. The molecule has 2 fully saturated rings. The van der Waals surface area contributed by atoms with E-state index in [2.05, 4.69) is 27.8 Å². The second kappa shape index (κ2) is 9.87. The molecule has 2 aliphatic rings. The van der Waals surface area contributed by atoms with Gasteiger partial charge < -0.3 is 4.90 Å². The van der Waals surface area contributed by atoms with Crippen LogP contribution in [0.4, 0.5) is 0 Å². The topological polar surface area (TPSA) is 33.2 Å². The summed E-state index contributed by atoms with van der Waals surface area (Å²) in [5.74, 6) is 2.86. The second-order valence-corrected chi connectivity index (χ2v) is 9.11. The van der Waals surface area contributed by atoms with Gasteiger partial charge in [0, 0.05) is 19.3 Å². The fourth-order valence-electron chi connectivity index (χ4n) is 4.93. The van der Waals surface area contributed by atoms with Crippen molar-refractivity contribution in [2.24, 2.45) is 17.8 Å². The molecule has 1 aromatic heterocycles. The Labute approximate surface area is 167 Å². The lowest BCUT2D eigenvalue weighted by Gasteiger charge is -2.36. The van der Waals surface area contributed by atoms with E-state index in [0.29, 0.717) is 10.2 Å².